The van der Waals surface area contributed by atoms with Gasteiger partial charge in [-0.2, -0.15) is 22.2 Å². The largest absolute Gasteiger partial charge is 0.176 e. The summed E-state index contributed by atoms with van der Waals surface area (Å²) in [7, 11) is -9.08. The van der Waals surface area contributed by atoms with Crippen molar-refractivity contribution >= 4 is 64.4 Å². The molecule has 0 aliphatic carbocycles. The standard InChI is InChI=1S/C36H84Cl2Si6/c1-25(2)39(26(3)4,27(5)6)43(37,40(28(7)8,29(9)10)30(11)12)44(38,41(31(13)14,32(15)16)33(17)18)42(34(19)20,35(21)22)36(23)24/h25-36H,1-24H3. The Bertz CT molecular complexity index is 666. The van der Waals surface area contributed by atoms with Crippen molar-refractivity contribution in [2.75, 3.05) is 0 Å². The molecular formula is C36H84Cl2Si6. The maximum Gasteiger partial charge on any atom is 0.146 e. The molecular weight excluding hydrogens is 672 g/mol. The molecule has 0 aliphatic rings. The molecule has 0 N–H and O–H groups in total. The van der Waals surface area contributed by atoms with Crippen LogP contribution < -0.4 is 0 Å². The summed E-state index contributed by atoms with van der Waals surface area (Å²) < 4.78 is 0. The SMILES string of the molecule is CC(C)[Si](C(C)C)(C(C)C)[Si](Cl)([Si](C(C)C)(C(C)C)C(C)C)[Si](Cl)([Si](C(C)C)(C(C)C)C(C)C)[Si](C(C)C)(C(C)C)C(C)C. The average molecular weight is 756 g/mol. The Labute approximate surface area is 295 Å². The number of hydrogen-bond donors (Lipinski definition) is 0. The van der Waals surface area contributed by atoms with Crippen molar-refractivity contribution in [3.05, 3.63) is 0 Å². The maximum atomic E-state index is 9.96. The van der Waals surface area contributed by atoms with Crippen LogP contribution in [0.4, 0.5) is 0 Å². The summed E-state index contributed by atoms with van der Waals surface area (Å²) in [5.41, 5.74) is 7.63. The first-order valence-electron chi connectivity index (χ1n) is 18.9. The molecule has 0 heterocycles. The highest BCUT2D eigenvalue weighted by atomic mass is 35.6. The fraction of sp³-hybridized carbons (Fsp3) is 1.00. The molecule has 0 aromatic heterocycles. The Balaban J connectivity index is 10.3. The maximum absolute atomic E-state index is 9.96. The minimum atomic E-state index is -2.81. The summed E-state index contributed by atoms with van der Waals surface area (Å²) in [6.07, 6.45) is 0. The lowest BCUT2D eigenvalue weighted by Crippen LogP contribution is -3.01. The molecule has 0 nitrogen and oxygen atoms in total. The lowest BCUT2D eigenvalue weighted by Gasteiger charge is -2.76. The summed E-state index contributed by atoms with van der Waals surface area (Å²) >= 11 is 19.9. The van der Waals surface area contributed by atoms with Crippen LogP contribution in [-0.2, 0) is 0 Å². The van der Waals surface area contributed by atoms with E-state index >= 15 is 0 Å². The van der Waals surface area contributed by atoms with E-state index in [4.69, 9.17) is 0 Å². The van der Waals surface area contributed by atoms with E-state index in [1.165, 1.54) is 0 Å². The van der Waals surface area contributed by atoms with Crippen LogP contribution in [-0.4, -0.2) is 42.2 Å². The second-order valence-corrected chi connectivity index (χ2v) is 84.9. The highest BCUT2D eigenvalue weighted by molar-refractivity contribution is 8.24. The zero-order chi connectivity index (χ0) is 35.9. The van der Waals surface area contributed by atoms with Gasteiger partial charge in [-0.05, 0) is 0 Å². The molecule has 0 saturated heterocycles. The van der Waals surface area contributed by atoms with E-state index < -0.39 is 42.2 Å². The van der Waals surface area contributed by atoms with E-state index in [-0.39, 0.29) is 0 Å². The molecule has 0 aromatic rings. The topological polar surface area (TPSA) is 0 Å². The van der Waals surface area contributed by atoms with Crippen LogP contribution in [0.2, 0.25) is 66.5 Å². The predicted octanol–water partition coefficient (Wildman–Crippen LogP) is 15.5. The van der Waals surface area contributed by atoms with E-state index in [0.717, 1.165) is 0 Å². The second-order valence-electron chi connectivity index (χ2n) is 18.9. The molecule has 0 unspecified atom stereocenters. The minimum absolute atomic E-state index is 0.636. The fourth-order valence-corrected chi connectivity index (χ4v) is 270. The minimum Gasteiger partial charge on any atom is -0.176 e. The molecule has 0 atom stereocenters. The van der Waals surface area contributed by atoms with Gasteiger partial charge in [0.2, 0.25) is 0 Å². The molecule has 0 fully saturated rings. The first-order valence-corrected chi connectivity index (χ1v) is 38.9. The Morgan fingerprint density at radius 2 is 0.273 bits per heavy atom. The summed E-state index contributed by atoms with van der Waals surface area (Å²) in [5.74, 6) is -5.62. The zero-order valence-corrected chi connectivity index (χ0v) is 42.2. The number of halogens is 2. The van der Waals surface area contributed by atoms with Crippen molar-refractivity contribution in [3.63, 3.8) is 0 Å². The van der Waals surface area contributed by atoms with Gasteiger partial charge in [-0.25, -0.2) is 0 Å². The van der Waals surface area contributed by atoms with E-state index in [1.54, 1.807) is 0 Å². The molecule has 8 heteroatoms. The van der Waals surface area contributed by atoms with E-state index in [1.807, 2.05) is 0 Å². The van der Waals surface area contributed by atoms with E-state index in [0.29, 0.717) is 66.5 Å². The van der Waals surface area contributed by atoms with Crippen LogP contribution in [0.5, 0.6) is 0 Å². The van der Waals surface area contributed by atoms with Gasteiger partial charge < -0.3 is 0 Å². The average Bonchev–Trinajstić information content (AvgIpc) is 2.76. The summed E-state index contributed by atoms with van der Waals surface area (Å²) in [6.45, 7) is 63.5. The van der Waals surface area contributed by atoms with Crippen LogP contribution in [0.15, 0.2) is 0 Å². The van der Waals surface area contributed by atoms with Crippen molar-refractivity contribution in [1.82, 2.24) is 0 Å². The monoisotopic (exact) mass is 754 g/mol. The van der Waals surface area contributed by atoms with Gasteiger partial charge in [0.1, 0.15) is 11.9 Å². The van der Waals surface area contributed by atoms with Crippen molar-refractivity contribution in [2.45, 2.75) is 233 Å². The highest BCUT2D eigenvalue weighted by Gasteiger charge is 2.88. The predicted molar refractivity (Wildman–Crippen MR) is 227 cm³/mol. The number of rotatable bonds is 17. The molecule has 0 rings (SSSR count). The van der Waals surface area contributed by atoms with E-state index in [9.17, 15) is 22.2 Å². The second kappa shape index (κ2) is 15.8. The quantitative estimate of drug-likeness (QED) is 0.102. The van der Waals surface area contributed by atoms with Gasteiger partial charge in [0.25, 0.3) is 0 Å². The highest BCUT2D eigenvalue weighted by Crippen LogP contribution is 2.71. The first-order chi connectivity index (χ1) is 19.6. The molecule has 0 saturated carbocycles. The van der Waals surface area contributed by atoms with Gasteiger partial charge in [0.15, 0.2) is 0 Å². The van der Waals surface area contributed by atoms with Crippen molar-refractivity contribution in [1.29, 1.82) is 0 Å². The van der Waals surface area contributed by atoms with Crippen molar-refractivity contribution in [3.8, 4) is 0 Å². The molecule has 0 aliphatic heterocycles. The Morgan fingerprint density at radius 1 is 0.205 bits per heavy atom. The third kappa shape index (κ3) is 5.71. The van der Waals surface area contributed by atoms with Crippen LogP contribution in [0, 0.1) is 0 Å². The van der Waals surface area contributed by atoms with Gasteiger partial charge in [-0.15, -0.1) is 0 Å². The van der Waals surface area contributed by atoms with E-state index in [2.05, 4.69) is 166 Å². The third-order valence-electron chi connectivity index (χ3n) is 14.3. The Morgan fingerprint density at radius 3 is 0.318 bits per heavy atom. The smallest absolute Gasteiger partial charge is 0.146 e. The van der Waals surface area contributed by atoms with Crippen LogP contribution >= 0.6 is 22.2 Å². The molecule has 0 aromatic carbocycles. The molecule has 266 valence electrons. The van der Waals surface area contributed by atoms with Gasteiger partial charge >= 0.3 is 0 Å². The van der Waals surface area contributed by atoms with Gasteiger partial charge in [0.05, 0.1) is 30.4 Å². The summed E-state index contributed by atoms with van der Waals surface area (Å²) in [5, 5.41) is 0. The van der Waals surface area contributed by atoms with Gasteiger partial charge in [-0.3, -0.25) is 0 Å². The van der Waals surface area contributed by atoms with Gasteiger partial charge in [0, 0.05) is 0 Å². The first kappa shape index (κ1) is 45.9. The summed E-state index contributed by atoms with van der Waals surface area (Å²) in [6, 6.07) is 0. The molecule has 0 bridgehead atoms. The molecule has 0 radical (unpaired) electrons. The summed E-state index contributed by atoms with van der Waals surface area (Å²) in [4.78, 5) is 0. The van der Waals surface area contributed by atoms with Crippen LogP contribution in [0.3, 0.4) is 0 Å². The Hall–Kier alpha value is 1.88. The lowest BCUT2D eigenvalue weighted by atomic mass is 10.5. The van der Waals surface area contributed by atoms with Crippen molar-refractivity contribution in [2.24, 2.45) is 0 Å². The van der Waals surface area contributed by atoms with Crippen molar-refractivity contribution < 1.29 is 0 Å². The van der Waals surface area contributed by atoms with Crippen LogP contribution in [0.1, 0.15) is 166 Å². The normalized spacial score (nSPS) is 15.7. The number of hydrogen-bond acceptors (Lipinski definition) is 0. The fourth-order valence-electron chi connectivity index (χ4n) is 14.7. The third-order valence-corrected chi connectivity index (χ3v) is 158. The zero-order valence-electron chi connectivity index (χ0n) is 34.7. The Kier molecular flexibility index (Phi) is 16.5. The molecule has 44 heavy (non-hydrogen) atoms. The van der Waals surface area contributed by atoms with Crippen LogP contribution in [0.25, 0.3) is 0 Å². The lowest BCUT2D eigenvalue weighted by molar-refractivity contribution is 0.822. The molecule has 0 spiro atoms. The van der Waals surface area contributed by atoms with Gasteiger partial charge in [-0.1, -0.05) is 233 Å². The molecule has 0 amide bonds.